The SMILES string of the molecule is O=C1C[C@H](CNS(=O)(=O)c2ccc(F)c(C(F)(F)F)c2)CN1CCc1ccccc1. The molecule has 0 radical (unpaired) electrons. The molecule has 1 amide bonds. The Balaban J connectivity index is 1.59. The van der Waals surface area contributed by atoms with E-state index in [2.05, 4.69) is 4.72 Å². The van der Waals surface area contributed by atoms with Crippen LogP contribution in [0.3, 0.4) is 0 Å². The number of nitrogens with one attached hydrogen (secondary N) is 1. The molecule has 1 saturated heterocycles. The molecule has 1 atom stereocenters. The second-order valence-electron chi connectivity index (χ2n) is 7.14. The second kappa shape index (κ2) is 8.73. The Morgan fingerprint density at radius 2 is 1.80 bits per heavy atom. The molecule has 0 saturated carbocycles. The monoisotopic (exact) mass is 444 g/mol. The molecule has 10 heteroatoms. The molecule has 30 heavy (non-hydrogen) atoms. The fraction of sp³-hybridized carbons (Fsp3) is 0.350. The van der Waals surface area contributed by atoms with Gasteiger partial charge in [0, 0.05) is 26.1 Å². The maximum atomic E-state index is 13.4. The summed E-state index contributed by atoms with van der Waals surface area (Å²) in [6.07, 6.45) is -4.19. The summed E-state index contributed by atoms with van der Waals surface area (Å²) < 4.78 is 78.8. The summed E-state index contributed by atoms with van der Waals surface area (Å²) in [6, 6.07) is 11.1. The summed E-state index contributed by atoms with van der Waals surface area (Å²) in [6.45, 7) is 0.749. The van der Waals surface area contributed by atoms with Crippen molar-refractivity contribution in [1.82, 2.24) is 9.62 Å². The third kappa shape index (κ3) is 5.37. The first-order valence-electron chi connectivity index (χ1n) is 9.24. The number of likely N-dealkylation sites (tertiary alicyclic amines) is 1. The van der Waals surface area contributed by atoms with E-state index < -0.39 is 32.5 Å². The van der Waals surface area contributed by atoms with Gasteiger partial charge in [-0.1, -0.05) is 30.3 Å². The molecule has 162 valence electrons. The second-order valence-corrected chi connectivity index (χ2v) is 8.90. The maximum Gasteiger partial charge on any atom is 0.419 e. The number of hydrogen-bond donors (Lipinski definition) is 1. The van der Waals surface area contributed by atoms with Crippen molar-refractivity contribution in [1.29, 1.82) is 0 Å². The molecule has 2 aromatic carbocycles. The van der Waals surface area contributed by atoms with E-state index in [4.69, 9.17) is 0 Å². The van der Waals surface area contributed by atoms with Crippen molar-refractivity contribution >= 4 is 15.9 Å². The van der Waals surface area contributed by atoms with Gasteiger partial charge in [-0.05, 0) is 36.1 Å². The smallest absolute Gasteiger partial charge is 0.342 e. The van der Waals surface area contributed by atoms with Crippen LogP contribution in [0.15, 0.2) is 53.4 Å². The molecule has 1 N–H and O–H groups in total. The minimum Gasteiger partial charge on any atom is -0.342 e. The van der Waals surface area contributed by atoms with Gasteiger partial charge in [-0.25, -0.2) is 17.5 Å². The van der Waals surface area contributed by atoms with Gasteiger partial charge >= 0.3 is 6.18 Å². The third-order valence-corrected chi connectivity index (χ3v) is 6.34. The summed E-state index contributed by atoms with van der Waals surface area (Å²) in [5, 5.41) is 0. The molecule has 0 unspecified atom stereocenters. The van der Waals surface area contributed by atoms with Gasteiger partial charge in [0.2, 0.25) is 15.9 Å². The first-order valence-corrected chi connectivity index (χ1v) is 10.7. The number of halogens is 4. The number of hydrogen-bond acceptors (Lipinski definition) is 3. The fourth-order valence-corrected chi connectivity index (χ4v) is 4.46. The van der Waals surface area contributed by atoms with Crippen LogP contribution in [-0.4, -0.2) is 38.9 Å². The standard InChI is InChI=1S/C20H20F4N2O3S/c21-18-7-6-16(11-17(18)20(22,23)24)30(28,29)25-12-15-10-19(27)26(13-15)9-8-14-4-2-1-3-5-14/h1-7,11,15,25H,8-10,12-13H2/t15-/m1/s1. The van der Waals surface area contributed by atoms with Crippen molar-refractivity contribution in [2.24, 2.45) is 5.92 Å². The molecule has 0 aliphatic carbocycles. The molecular formula is C20H20F4N2O3S. The average molecular weight is 444 g/mol. The Labute approximate surface area is 171 Å². The van der Waals surface area contributed by atoms with Gasteiger partial charge in [-0.15, -0.1) is 0 Å². The predicted molar refractivity (Wildman–Crippen MR) is 101 cm³/mol. The zero-order valence-corrected chi connectivity index (χ0v) is 16.6. The van der Waals surface area contributed by atoms with E-state index in [1.165, 1.54) is 0 Å². The summed E-state index contributed by atoms with van der Waals surface area (Å²) in [4.78, 5) is 13.1. The number of benzene rings is 2. The molecule has 1 fully saturated rings. The maximum absolute atomic E-state index is 13.4. The molecule has 1 aliphatic heterocycles. The molecule has 3 rings (SSSR count). The van der Waals surface area contributed by atoms with Gasteiger partial charge < -0.3 is 4.90 Å². The van der Waals surface area contributed by atoms with Gasteiger partial charge in [-0.2, -0.15) is 13.2 Å². The van der Waals surface area contributed by atoms with Crippen molar-refractivity contribution in [3.05, 3.63) is 65.5 Å². The van der Waals surface area contributed by atoms with Crippen molar-refractivity contribution < 1.29 is 30.8 Å². The van der Waals surface area contributed by atoms with Crippen LogP contribution in [0.1, 0.15) is 17.5 Å². The summed E-state index contributed by atoms with van der Waals surface area (Å²) in [5.74, 6) is -1.95. The highest BCUT2D eigenvalue weighted by Gasteiger charge is 2.36. The van der Waals surface area contributed by atoms with Gasteiger partial charge in [0.05, 0.1) is 10.5 Å². The number of sulfonamides is 1. The Kier molecular flexibility index (Phi) is 6.47. The van der Waals surface area contributed by atoms with E-state index in [-0.39, 0.29) is 30.9 Å². The lowest BCUT2D eigenvalue weighted by Crippen LogP contribution is -2.32. The first kappa shape index (κ1) is 22.2. The van der Waals surface area contributed by atoms with Gasteiger partial charge in [0.15, 0.2) is 0 Å². The quantitative estimate of drug-likeness (QED) is 0.667. The minimum atomic E-state index is -5.01. The molecule has 2 aromatic rings. The van der Waals surface area contributed by atoms with Crippen molar-refractivity contribution in [3.63, 3.8) is 0 Å². The van der Waals surface area contributed by atoms with Crippen molar-refractivity contribution in [3.8, 4) is 0 Å². The lowest BCUT2D eigenvalue weighted by molar-refractivity contribution is -0.140. The van der Waals surface area contributed by atoms with E-state index in [9.17, 15) is 30.8 Å². The zero-order chi connectivity index (χ0) is 21.9. The number of alkyl halides is 3. The van der Waals surface area contributed by atoms with Crippen LogP contribution in [0.25, 0.3) is 0 Å². The van der Waals surface area contributed by atoms with E-state index in [1.54, 1.807) is 4.90 Å². The van der Waals surface area contributed by atoms with E-state index in [0.717, 1.165) is 11.6 Å². The topological polar surface area (TPSA) is 66.5 Å². The normalized spacial score (nSPS) is 17.5. The lowest BCUT2D eigenvalue weighted by atomic mass is 10.1. The molecule has 0 spiro atoms. The molecule has 1 aliphatic rings. The Hall–Kier alpha value is -2.46. The molecule has 0 aromatic heterocycles. The Bertz CT molecular complexity index is 1010. The van der Waals surface area contributed by atoms with Crippen LogP contribution in [0.5, 0.6) is 0 Å². The number of nitrogens with zero attached hydrogens (tertiary/aromatic N) is 1. The highest BCUT2D eigenvalue weighted by Crippen LogP contribution is 2.32. The third-order valence-electron chi connectivity index (χ3n) is 4.92. The van der Waals surface area contributed by atoms with Crippen molar-refractivity contribution in [2.45, 2.75) is 23.9 Å². The molecule has 5 nitrogen and oxygen atoms in total. The van der Waals surface area contributed by atoms with Gasteiger partial charge in [0.25, 0.3) is 0 Å². The summed E-state index contributed by atoms with van der Waals surface area (Å²) in [7, 11) is -4.28. The van der Waals surface area contributed by atoms with E-state index in [0.29, 0.717) is 25.6 Å². The number of rotatable bonds is 7. The largest absolute Gasteiger partial charge is 0.419 e. The first-order chi connectivity index (χ1) is 14.1. The van der Waals surface area contributed by atoms with Crippen LogP contribution >= 0.6 is 0 Å². The number of carbonyl (C=O) groups is 1. The average Bonchev–Trinajstić information content (AvgIpc) is 3.05. The predicted octanol–water partition coefficient (Wildman–Crippen LogP) is 3.21. The number of carbonyl (C=O) groups excluding carboxylic acids is 1. The van der Waals surface area contributed by atoms with Crippen molar-refractivity contribution in [2.75, 3.05) is 19.6 Å². The number of amides is 1. The highest BCUT2D eigenvalue weighted by atomic mass is 32.2. The Morgan fingerprint density at radius 1 is 1.10 bits per heavy atom. The molecule has 1 heterocycles. The summed E-state index contributed by atoms with van der Waals surface area (Å²) in [5.41, 5.74) is -0.570. The van der Waals surface area contributed by atoms with Crippen LogP contribution in [-0.2, 0) is 27.4 Å². The lowest BCUT2D eigenvalue weighted by Gasteiger charge is -2.17. The fourth-order valence-electron chi connectivity index (χ4n) is 3.32. The molecule has 0 bridgehead atoms. The van der Waals surface area contributed by atoms with E-state index in [1.807, 2.05) is 30.3 Å². The zero-order valence-electron chi connectivity index (χ0n) is 15.8. The van der Waals surface area contributed by atoms with Crippen LogP contribution in [0, 0.1) is 11.7 Å². The Morgan fingerprint density at radius 3 is 2.47 bits per heavy atom. The summed E-state index contributed by atoms with van der Waals surface area (Å²) >= 11 is 0. The van der Waals surface area contributed by atoms with E-state index >= 15 is 0 Å². The van der Waals surface area contributed by atoms with Crippen LogP contribution in [0.4, 0.5) is 17.6 Å². The minimum absolute atomic E-state index is 0.101. The van der Waals surface area contributed by atoms with Crippen LogP contribution in [0.2, 0.25) is 0 Å². The van der Waals surface area contributed by atoms with Gasteiger partial charge in [-0.3, -0.25) is 4.79 Å². The molecular weight excluding hydrogens is 424 g/mol. The van der Waals surface area contributed by atoms with Crippen LogP contribution < -0.4 is 4.72 Å². The van der Waals surface area contributed by atoms with Gasteiger partial charge in [0.1, 0.15) is 5.82 Å². The highest BCUT2D eigenvalue weighted by molar-refractivity contribution is 7.89.